The molecule has 2 aromatic rings. The number of halogens is 3. The molecule has 28 heavy (non-hydrogen) atoms. The number of hydrogen-bond donors (Lipinski definition) is 1. The van der Waals surface area contributed by atoms with Crippen LogP contribution in [0.5, 0.6) is 0 Å². The summed E-state index contributed by atoms with van der Waals surface area (Å²) in [5.41, 5.74) is 2.26. The van der Waals surface area contributed by atoms with Crippen LogP contribution in [0.15, 0.2) is 51.9 Å². The van der Waals surface area contributed by atoms with Gasteiger partial charge in [0.2, 0.25) is 0 Å². The molecule has 4 aliphatic heterocycles. The van der Waals surface area contributed by atoms with Crippen molar-refractivity contribution in [1.82, 2.24) is 5.32 Å². The van der Waals surface area contributed by atoms with Gasteiger partial charge in [0.05, 0.1) is 0 Å². The predicted molar refractivity (Wildman–Crippen MR) is 103 cm³/mol. The summed E-state index contributed by atoms with van der Waals surface area (Å²) in [7, 11) is 0. The van der Waals surface area contributed by atoms with Gasteiger partial charge in [-0.25, -0.2) is 0 Å². The van der Waals surface area contributed by atoms with Crippen molar-refractivity contribution >= 4 is 53.2 Å². The molecule has 1 fully saturated rings. The summed E-state index contributed by atoms with van der Waals surface area (Å²) in [6.07, 6.45) is -3.86. The number of rotatable bonds is 3. The van der Waals surface area contributed by atoms with Gasteiger partial charge in [0, 0.05) is 0 Å². The molecule has 0 spiro atoms. The number of carbonyl (C=O) groups is 2. The van der Waals surface area contributed by atoms with Gasteiger partial charge < -0.3 is 0 Å². The predicted octanol–water partition coefficient (Wildman–Crippen LogP) is 3.69. The van der Waals surface area contributed by atoms with E-state index < -0.39 is 33.2 Å². The molecule has 8 heteroatoms. The fourth-order valence-electron chi connectivity index (χ4n) is 4.63. The van der Waals surface area contributed by atoms with Gasteiger partial charge in [-0.3, -0.25) is 0 Å². The molecule has 0 aliphatic carbocycles. The van der Waals surface area contributed by atoms with Crippen LogP contribution in [-0.4, -0.2) is 37.8 Å². The van der Waals surface area contributed by atoms with Crippen LogP contribution in [0.1, 0.15) is 16.7 Å². The van der Waals surface area contributed by atoms with Crippen LogP contribution >= 0.6 is 11.8 Å². The molecule has 4 aliphatic rings. The Morgan fingerprint density at radius 2 is 1.86 bits per heavy atom. The van der Waals surface area contributed by atoms with E-state index in [-0.39, 0.29) is 20.1 Å². The number of imide groups is 1. The molecule has 4 heterocycles. The third-order valence-electron chi connectivity index (χ3n) is 5.69. The molecule has 2 atom stereocenters. The molecule has 2 unspecified atom stereocenters. The first-order valence-electron chi connectivity index (χ1n) is 8.84. The van der Waals surface area contributed by atoms with Gasteiger partial charge in [0.1, 0.15) is 0 Å². The second-order valence-electron chi connectivity index (χ2n) is 7.22. The Morgan fingerprint density at radius 3 is 2.54 bits per heavy atom. The van der Waals surface area contributed by atoms with Crippen LogP contribution in [-0.2, 0) is 17.4 Å². The zero-order chi connectivity index (χ0) is 19.6. The molecule has 2 bridgehead atoms. The fraction of sp³-hybridized carbons (Fsp3) is 0.200. The first kappa shape index (κ1) is 18.4. The van der Waals surface area contributed by atoms with Gasteiger partial charge in [-0.2, -0.15) is 0 Å². The van der Waals surface area contributed by atoms with Crippen LogP contribution < -0.4 is 8.64 Å². The number of thioether (sulfide) groups is 1. The van der Waals surface area contributed by atoms with Crippen molar-refractivity contribution < 1.29 is 22.8 Å². The summed E-state index contributed by atoms with van der Waals surface area (Å²) in [6.45, 7) is 0. The monoisotopic (exact) mass is 503 g/mol. The standard InChI is InChI=1S/C20H13F3NO2S.In/c21-20(22,23)16-8-4-5-13(11-16)9-10-15(14-6-2-1-3-7-14)12-17-18(25)24-19(26)27-17;/h1-6,8,11-12,17H,9H2,(H,24,25,26);. The Hall–Kier alpha value is -1.67. The summed E-state index contributed by atoms with van der Waals surface area (Å²) in [5.74, 6) is -0.231. The van der Waals surface area contributed by atoms with E-state index in [0.29, 0.717) is 12.0 Å². The third kappa shape index (κ3) is 2.76. The summed E-state index contributed by atoms with van der Waals surface area (Å²) in [6, 6.07) is 13.5. The SMILES string of the molecule is O=C1NC(=O)C([CH]2C3=[C](Cc4cccc(C(F)(F)F)c4)[In]2[c]2ccccc23)S1. The van der Waals surface area contributed by atoms with E-state index in [1.54, 1.807) is 6.07 Å². The van der Waals surface area contributed by atoms with Crippen LogP contribution in [0, 0.1) is 0 Å². The molecular formula is C20H13F3InNO2S. The second kappa shape index (κ2) is 6.42. The molecule has 0 aromatic heterocycles. The van der Waals surface area contributed by atoms with Gasteiger partial charge in [-0.05, 0) is 0 Å². The maximum atomic E-state index is 13.1. The first-order valence-corrected chi connectivity index (χ1v) is 14.9. The molecule has 140 valence electrons. The van der Waals surface area contributed by atoms with Crippen LogP contribution in [0.2, 0.25) is 3.67 Å². The van der Waals surface area contributed by atoms with Gasteiger partial charge in [0.15, 0.2) is 0 Å². The molecule has 1 saturated heterocycles. The fourth-order valence-corrected chi connectivity index (χ4v) is 19.2. The van der Waals surface area contributed by atoms with E-state index in [1.165, 1.54) is 18.8 Å². The Kier molecular flexibility index (Phi) is 4.21. The molecule has 1 N–H and O–H groups in total. The van der Waals surface area contributed by atoms with Crippen molar-refractivity contribution in [2.45, 2.75) is 21.5 Å². The molecule has 3 nitrogen and oxygen atoms in total. The van der Waals surface area contributed by atoms with Gasteiger partial charge in [-0.1, -0.05) is 0 Å². The Bertz CT molecular complexity index is 1070. The minimum absolute atomic E-state index is 0.108. The Balaban J connectivity index is 1.52. The number of benzene rings is 2. The third-order valence-corrected chi connectivity index (χ3v) is 18.6. The van der Waals surface area contributed by atoms with Gasteiger partial charge in [0.25, 0.3) is 0 Å². The quantitative estimate of drug-likeness (QED) is 0.696. The summed E-state index contributed by atoms with van der Waals surface area (Å²) in [5, 5.41) is 1.67. The van der Waals surface area contributed by atoms with Crippen molar-refractivity contribution in [3.8, 4) is 0 Å². The van der Waals surface area contributed by atoms with Gasteiger partial charge in [-0.15, -0.1) is 0 Å². The van der Waals surface area contributed by atoms with E-state index in [0.717, 1.165) is 29.0 Å². The average molecular weight is 503 g/mol. The van der Waals surface area contributed by atoms with Crippen molar-refractivity contribution in [3.05, 3.63) is 68.6 Å². The summed E-state index contributed by atoms with van der Waals surface area (Å²) < 4.78 is 41.8. The van der Waals surface area contributed by atoms with Crippen molar-refractivity contribution in [1.29, 1.82) is 0 Å². The zero-order valence-electron chi connectivity index (χ0n) is 14.4. The minimum atomic E-state index is -4.36. The molecular weight excluding hydrogens is 490 g/mol. The van der Waals surface area contributed by atoms with Crippen molar-refractivity contribution in [2.75, 3.05) is 0 Å². The second-order valence-corrected chi connectivity index (χ2v) is 16.9. The number of alkyl halides is 3. The van der Waals surface area contributed by atoms with E-state index in [2.05, 4.69) is 11.4 Å². The summed E-state index contributed by atoms with van der Waals surface area (Å²) >= 11 is -1.52. The van der Waals surface area contributed by atoms with Crippen molar-refractivity contribution in [3.63, 3.8) is 0 Å². The number of carbonyl (C=O) groups excluding carboxylic acids is 2. The molecule has 2 amide bonds. The first-order chi connectivity index (χ1) is 13.3. The van der Waals surface area contributed by atoms with E-state index in [9.17, 15) is 22.8 Å². The van der Waals surface area contributed by atoms with Gasteiger partial charge >= 0.3 is 171 Å². The molecule has 6 rings (SSSR count). The number of allylic oxidation sites excluding steroid dienone is 2. The Labute approximate surface area is 170 Å². The van der Waals surface area contributed by atoms with E-state index >= 15 is 0 Å². The molecule has 0 saturated carbocycles. The molecule has 0 radical (unpaired) electrons. The average Bonchev–Trinajstić information content (AvgIpc) is 3.26. The van der Waals surface area contributed by atoms with Crippen LogP contribution in [0.3, 0.4) is 0 Å². The summed E-state index contributed by atoms with van der Waals surface area (Å²) in [4.78, 5) is 23.9. The number of nitrogens with one attached hydrogen (secondary N) is 1. The maximum absolute atomic E-state index is 13.1. The normalized spacial score (nSPS) is 23.0. The zero-order valence-corrected chi connectivity index (χ0v) is 18.5. The Morgan fingerprint density at radius 1 is 1.07 bits per heavy atom. The van der Waals surface area contributed by atoms with Crippen LogP contribution in [0.25, 0.3) is 5.57 Å². The molecule has 2 aromatic carbocycles. The topological polar surface area (TPSA) is 46.2 Å². The number of amides is 2. The van der Waals surface area contributed by atoms with Crippen molar-refractivity contribution in [2.24, 2.45) is 0 Å². The number of hydrogen-bond acceptors (Lipinski definition) is 3. The van der Waals surface area contributed by atoms with E-state index in [4.69, 9.17) is 0 Å². The van der Waals surface area contributed by atoms with E-state index in [1.807, 2.05) is 18.2 Å². The van der Waals surface area contributed by atoms with Crippen LogP contribution in [0.4, 0.5) is 18.0 Å².